The lowest BCUT2D eigenvalue weighted by Gasteiger charge is -2.02. The van der Waals surface area contributed by atoms with Crippen molar-refractivity contribution in [2.45, 2.75) is 156 Å². The van der Waals surface area contributed by atoms with Crippen molar-refractivity contribution in [3.8, 4) is 40.4 Å². The summed E-state index contributed by atoms with van der Waals surface area (Å²) in [5.41, 5.74) is 8.22. The molecule has 0 saturated carbocycles. The molecule has 0 fully saturated rings. The van der Waals surface area contributed by atoms with Crippen LogP contribution in [0.25, 0.3) is 52.5 Å². The molecule has 4 heterocycles. The van der Waals surface area contributed by atoms with Gasteiger partial charge in [-0.3, -0.25) is 0 Å². The summed E-state index contributed by atoms with van der Waals surface area (Å²) in [6.07, 6.45) is 30.4. The standard InChI is InChI=1S/C54H68S4/c1-5-9-13-17-21-45-39-51(57-53(45)49-37-35-47(55-49)23-19-15-11-7-3)43-31-27-41(28-32-43)25-26-42-29-33-44(34-30-42)52-40-46(22-18-14-10-6-2)54(58-52)50-38-36-48(56-50)24-20-16-12-8-4/h25-40H,5-24H2,1-4H3/b26-25+. The highest BCUT2D eigenvalue weighted by molar-refractivity contribution is 7.24. The highest BCUT2D eigenvalue weighted by Gasteiger charge is 2.16. The van der Waals surface area contributed by atoms with E-state index >= 15 is 0 Å². The SMILES string of the molecule is CCCCCCc1ccc(-c2sc(-c3ccc(/C=C/c4ccc(-c5cc(CCCCCC)c(-c6ccc(CCCCCC)s6)s5)cc4)cc3)cc2CCCCCC)s1. The van der Waals surface area contributed by atoms with Crippen molar-refractivity contribution < 1.29 is 0 Å². The molecule has 6 aromatic rings. The van der Waals surface area contributed by atoms with Gasteiger partial charge in [-0.15, -0.1) is 45.3 Å². The van der Waals surface area contributed by atoms with E-state index in [9.17, 15) is 0 Å². The van der Waals surface area contributed by atoms with Crippen molar-refractivity contribution in [2.24, 2.45) is 0 Å². The molecule has 6 rings (SSSR count). The van der Waals surface area contributed by atoms with Gasteiger partial charge in [-0.05, 0) is 121 Å². The summed E-state index contributed by atoms with van der Waals surface area (Å²) in [6, 6.07) is 33.0. The minimum absolute atomic E-state index is 1.18. The van der Waals surface area contributed by atoms with Crippen LogP contribution >= 0.6 is 45.3 Å². The highest BCUT2D eigenvalue weighted by atomic mass is 32.1. The molecule has 0 amide bonds. The van der Waals surface area contributed by atoms with Gasteiger partial charge in [0.05, 0.1) is 0 Å². The van der Waals surface area contributed by atoms with Crippen LogP contribution in [0.1, 0.15) is 162 Å². The molecule has 0 aliphatic rings. The molecular formula is C54H68S4. The van der Waals surface area contributed by atoms with Gasteiger partial charge in [0, 0.05) is 39.0 Å². The Morgan fingerprint density at radius 3 is 1.07 bits per heavy atom. The number of hydrogen-bond acceptors (Lipinski definition) is 4. The first kappa shape index (κ1) is 44.5. The second-order valence-corrected chi connectivity index (χ2v) is 20.7. The summed E-state index contributed by atoms with van der Waals surface area (Å²) in [4.78, 5) is 11.8. The Bertz CT molecular complexity index is 1930. The van der Waals surface area contributed by atoms with Gasteiger partial charge in [0.15, 0.2) is 0 Å². The number of aryl methyl sites for hydroxylation is 4. The Labute approximate surface area is 368 Å². The zero-order valence-electron chi connectivity index (χ0n) is 36.0. The summed E-state index contributed by atoms with van der Waals surface area (Å²) in [7, 11) is 0. The first-order chi connectivity index (χ1) is 28.6. The van der Waals surface area contributed by atoms with E-state index in [4.69, 9.17) is 0 Å². The average Bonchev–Trinajstić information content (AvgIpc) is 4.08. The lowest BCUT2D eigenvalue weighted by molar-refractivity contribution is 0.668. The van der Waals surface area contributed by atoms with E-state index in [0.29, 0.717) is 0 Å². The van der Waals surface area contributed by atoms with E-state index in [1.165, 1.54) is 180 Å². The minimum Gasteiger partial charge on any atom is -0.139 e. The normalized spacial score (nSPS) is 11.7. The molecule has 308 valence electrons. The van der Waals surface area contributed by atoms with Crippen molar-refractivity contribution >= 4 is 57.5 Å². The number of thiophene rings is 4. The third-order valence-electron chi connectivity index (χ3n) is 11.4. The molecule has 0 spiro atoms. The van der Waals surface area contributed by atoms with Crippen LogP contribution < -0.4 is 0 Å². The van der Waals surface area contributed by atoms with E-state index < -0.39 is 0 Å². The van der Waals surface area contributed by atoms with Gasteiger partial charge in [-0.2, -0.15) is 0 Å². The third kappa shape index (κ3) is 13.2. The van der Waals surface area contributed by atoms with E-state index in [1.54, 1.807) is 20.9 Å². The maximum atomic E-state index is 2.50. The van der Waals surface area contributed by atoms with Gasteiger partial charge in [-0.1, -0.05) is 165 Å². The molecule has 58 heavy (non-hydrogen) atoms. The first-order valence-corrected chi connectivity index (χ1v) is 26.2. The van der Waals surface area contributed by atoms with Gasteiger partial charge in [0.1, 0.15) is 0 Å². The van der Waals surface area contributed by atoms with Gasteiger partial charge >= 0.3 is 0 Å². The van der Waals surface area contributed by atoms with Crippen molar-refractivity contribution in [2.75, 3.05) is 0 Å². The van der Waals surface area contributed by atoms with Crippen LogP contribution in [0.4, 0.5) is 0 Å². The number of benzene rings is 2. The van der Waals surface area contributed by atoms with Crippen molar-refractivity contribution in [3.05, 3.63) is 117 Å². The lowest BCUT2D eigenvalue weighted by atomic mass is 10.0. The Kier molecular flexibility index (Phi) is 18.6. The Morgan fingerprint density at radius 1 is 0.345 bits per heavy atom. The van der Waals surface area contributed by atoms with Crippen LogP contribution in [0, 0.1) is 0 Å². The molecule has 0 aliphatic carbocycles. The Hall–Kier alpha value is -3.02. The van der Waals surface area contributed by atoms with E-state index in [0.717, 1.165) is 0 Å². The topological polar surface area (TPSA) is 0 Å². The smallest absolute Gasteiger partial charge is 0.0481 e. The molecule has 0 saturated heterocycles. The zero-order valence-corrected chi connectivity index (χ0v) is 39.3. The summed E-state index contributed by atoms with van der Waals surface area (Å²) in [6.45, 7) is 9.20. The quantitative estimate of drug-likeness (QED) is 0.0377. The van der Waals surface area contributed by atoms with Crippen molar-refractivity contribution in [1.29, 1.82) is 0 Å². The van der Waals surface area contributed by atoms with Gasteiger partial charge < -0.3 is 0 Å². The molecule has 0 radical (unpaired) electrons. The van der Waals surface area contributed by atoms with Gasteiger partial charge in [0.25, 0.3) is 0 Å². The summed E-state index contributed by atoms with van der Waals surface area (Å²) in [5, 5.41) is 0. The molecule has 0 nitrogen and oxygen atoms in total. The zero-order chi connectivity index (χ0) is 40.4. The molecule has 0 bridgehead atoms. The van der Waals surface area contributed by atoms with Crippen molar-refractivity contribution in [3.63, 3.8) is 0 Å². The monoisotopic (exact) mass is 844 g/mol. The molecule has 0 unspecified atom stereocenters. The van der Waals surface area contributed by atoms with Crippen LogP contribution in [-0.4, -0.2) is 0 Å². The van der Waals surface area contributed by atoms with E-state index in [-0.39, 0.29) is 0 Å². The molecule has 2 aromatic carbocycles. The predicted molar refractivity (Wildman–Crippen MR) is 266 cm³/mol. The molecule has 0 N–H and O–H groups in total. The fourth-order valence-electron chi connectivity index (χ4n) is 7.85. The first-order valence-electron chi connectivity index (χ1n) is 22.9. The fraction of sp³-hybridized carbons (Fsp3) is 0.444. The predicted octanol–water partition coefficient (Wildman–Crippen LogP) is 19.3. The third-order valence-corrected chi connectivity index (χ3v) is 16.5. The van der Waals surface area contributed by atoms with Gasteiger partial charge in [0.2, 0.25) is 0 Å². The lowest BCUT2D eigenvalue weighted by Crippen LogP contribution is -1.85. The number of unbranched alkanes of at least 4 members (excludes halogenated alkanes) is 12. The largest absolute Gasteiger partial charge is 0.139 e. The average molecular weight is 845 g/mol. The second kappa shape index (κ2) is 24.3. The fourth-order valence-corrected chi connectivity index (χ4v) is 12.7. The Morgan fingerprint density at radius 2 is 0.707 bits per heavy atom. The molecule has 0 aliphatic heterocycles. The maximum Gasteiger partial charge on any atom is 0.0481 e. The summed E-state index contributed by atoms with van der Waals surface area (Å²) < 4.78 is 0. The summed E-state index contributed by atoms with van der Waals surface area (Å²) in [5.74, 6) is 0. The van der Waals surface area contributed by atoms with E-state index in [2.05, 4.69) is 125 Å². The number of hydrogen-bond donors (Lipinski definition) is 0. The van der Waals surface area contributed by atoms with Crippen LogP contribution in [0.3, 0.4) is 0 Å². The molecular weight excluding hydrogens is 777 g/mol. The second-order valence-electron chi connectivity index (χ2n) is 16.3. The van der Waals surface area contributed by atoms with Gasteiger partial charge in [-0.25, -0.2) is 0 Å². The molecule has 4 heteroatoms. The number of rotatable bonds is 26. The van der Waals surface area contributed by atoms with Crippen LogP contribution in [0.15, 0.2) is 84.9 Å². The van der Waals surface area contributed by atoms with Crippen molar-refractivity contribution in [1.82, 2.24) is 0 Å². The minimum atomic E-state index is 1.18. The maximum absolute atomic E-state index is 2.50. The highest BCUT2D eigenvalue weighted by Crippen LogP contribution is 2.44. The van der Waals surface area contributed by atoms with Crippen LogP contribution in [0.2, 0.25) is 0 Å². The molecule has 4 aromatic heterocycles. The van der Waals surface area contributed by atoms with Crippen LogP contribution in [0.5, 0.6) is 0 Å². The Balaban J connectivity index is 1.12. The molecule has 0 atom stereocenters. The summed E-state index contributed by atoms with van der Waals surface area (Å²) >= 11 is 8.05. The van der Waals surface area contributed by atoms with E-state index in [1.807, 2.05) is 45.3 Å². The van der Waals surface area contributed by atoms with Crippen LogP contribution in [-0.2, 0) is 25.7 Å².